The number of aryl methyl sites for hydroxylation is 3. The van der Waals surface area contributed by atoms with Gasteiger partial charge >= 0.3 is 11.7 Å². The summed E-state index contributed by atoms with van der Waals surface area (Å²) in [4.78, 5) is 38.7. The topological polar surface area (TPSA) is 104 Å². The number of esters is 1. The highest BCUT2D eigenvalue weighted by Gasteiger charge is 2.24. The van der Waals surface area contributed by atoms with Gasteiger partial charge in [-0.3, -0.25) is 14.2 Å². The number of hydrogen-bond donors (Lipinski definition) is 1. The Hall–Kier alpha value is -3.95. The fourth-order valence-electron chi connectivity index (χ4n) is 4.68. The zero-order valence-electron chi connectivity index (χ0n) is 25.5. The van der Waals surface area contributed by atoms with Crippen molar-refractivity contribution in [3.8, 4) is 11.4 Å². The van der Waals surface area contributed by atoms with Crippen molar-refractivity contribution >= 4 is 17.6 Å². The Bertz CT molecular complexity index is 1480. The second kappa shape index (κ2) is 12.7. The molecule has 0 unspecified atom stereocenters. The predicted molar refractivity (Wildman–Crippen MR) is 157 cm³/mol. The third kappa shape index (κ3) is 7.62. The van der Waals surface area contributed by atoms with E-state index in [1.165, 1.54) is 10.6 Å². The highest BCUT2D eigenvalue weighted by atomic mass is 19.1. The molecule has 0 bridgehead atoms. The predicted octanol–water partition coefficient (Wildman–Crippen LogP) is 5.59. The van der Waals surface area contributed by atoms with E-state index in [2.05, 4.69) is 10.4 Å². The van der Waals surface area contributed by atoms with E-state index in [4.69, 9.17) is 9.47 Å². The third-order valence-corrected chi connectivity index (χ3v) is 6.53. The number of nitrogens with zero attached hydrogens (tertiary/aromatic N) is 3. The average Bonchev–Trinajstić information content (AvgIpc) is 3.14. The van der Waals surface area contributed by atoms with Gasteiger partial charge in [0.25, 0.3) is 5.91 Å². The molecule has 0 aliphatic rings. The van der Waals surface area contributed by atoms with Crippen LogP contribution in [0.3, 0.4) is 0 Å². The van der Waals surface area contributed by atoms with Crippen LogP contribution < -0.4 is 15.7 Å². The first kappa shape index (κ1) is 31.6. The van der Waals surface area contributed by atoms with E-state index in [9.17, 15) is 14.4 Å². The smallest absolute Gasteiger partial charge is 0.350 e. The van der Waals surface area contributed by atoms with Crippen LogP contribution in [0.2, 0.25) is 0 Å². The van der Waals surface area contributed by atoms with Gasteiger partial charge in [0.15, 0.2) is 0 Å². The van der Waals surface area contributed by atoms with E-state index in [1.807, 2.05) is 67.5 Å². The number of ether oxygens (including phenoxy) is 2. The van der Waals surface area contributed by atoms with Gasteiger partial charge in [-0.05, 0) is 70.7 Å². The number of hydrogen-bond acceptors (Lipinski definition) is 6. The van der Waals surface area contributed by atoms with Crippen molar-refractivity contribution in [3.63, 3.8) is 0 Å². The van der Waals surface area contributed by atoms with Crippen LogP contribution in [-0.2, 0) is 29.4 Å². The maximum Gasteiger partial charge on any atom is 0.350 e. The van der Waals surface area contributed by atoms with Crippen molar-refractivity contribution in [2.24, 2.45) is 7.05 Å². The summed E-state index contributed by atoms with van der Waals surface area (Å²) in [6.45, 7) is 14.8. The molecule has 0 spiro atoms. The number of carbonyl (C=O) groups excluding carboxylic acids is 2. The fourth-order valence-corrected chi connectivity index (χ4v) is 4.68. The van der Waals surface area contributed by atoms with Crippen LogP contribution in [0.15, 0.2) is 29.1 Å². The van der Waals surface area contributed by atoms with Crippen molar-refractivity contribution in [2.45, 2.75) is 92.8 Å². The van der Waals surface area contributed by atoms with E-state index in [0.29, 0.717) is 24.4 Å². The number of nitrogens with one attached hydrogen (secondary N) is 1. The maximum atomic E-state index is 15.5. The number of benzene rings is 2. The summed E-state index contributed by atoms with van der Waals surface area (Å²) < 4.78 is 29.4. The molecule has 0 saturated carbocycles. The van der Waals surface area contributed by atoms with Gasteiger partial charge in [-0.1, -0.05) is 32.4 Å². The van der Waals surface area contributed by atoms with Gasteiger partial charge in [-0.2, -0.15) is 4.68 Å². The molecule has 0 fully saturated rings. The third-order valence-electron chi connectivity index (χ3n) is 6.53. The molecule has 1 aromatic heterocycles. The Balaban J connectivity index is 1.99. The van der Waals surface area contributed by atoms with E-state index in [1.54, 1.807) is 7.05 Å². The van der Waals surface area contributed by atoms with Crippen LogP contribution in [0.1, 0.15) is 87.3 Å². The summed E-state index contributed by atoms with van der Waals surface area (Å²) >= 11 is 0. The van der Waals surface area contributed by atoms with Gasteiger partial charge in [0.2, 0.25) is 0 Å². The molecule has 1 N–H and O–H groups in total. The summed E-state index contributed by atoms with van der Waals surface area (Å²) in [6, 6.07) is 6.06. The first-order valence-electron chi connectivity index (χ1n) is 13.9. The minimum atomic E-state index is -0.783. The monoisotopic (exact) mass is 568 g/mol. The normalized spacial score (nSPS) is 12.2. The van der Waals surface area contributed by atoms with Crippen molar-refractivity contribution in [1.82, 2.24) is 14.3 Å². The largest absolute Gasteiger partial charge is 0.490 e. The molecule has 0 radical (unpaired) electrons. The maximum absolute atomic E-state index is 15.5. The molecule has 41 heavy (non-hydrogen) atoms. The Kier molecular flexibility index (Phi) is 9.78. The number of amides is 1. The van der Waals surface area contributed by atoms with E-state index < -0.39 is 23.0 Å². The Morgan fingerprint density at radius 2 is 1.73 bits per heavy atom. The fraction of sp³-hybridized carbons (Fsp3) is 0.484. The molecule has 3 aromatic rings. The summed E-state index contributed by atoms with van der Waals surface area (Å²) in [5.74, 6) is -1.05. The molecule has 9 nitrogen and oxygen atoms in total. The minimum Gasteiger partial charge on any atom is -0.490 e. The molecule has 0 aliphatic carbocycles. The molecular formula is C31H41FN4O5. The summed E-state index contributed by atoms with van der Waals surface area (Å²) in [7, 11) is 1.58. The zero-order chi connectivity index (χ0) is 30.6. The molecule has 1 atom stereocenters. The van der Waals surface area contributed by atoms with Crippen LogP contribution in [0.4, 0.5) is 10.1 Å². The molecule has 3 rings (SSSR count). The lowest BCUT2D eigenvalue weighted by Gasteiger charge is -2.20. The lowest BCUT2D eigenvalue weighted by molar-refractivity contribution is -0.153. The molecule has 222 valence electrons. The van der Waals surface area contributed by atoms with Gasteiger partial charge in [0, 0.05) is 25.2 Å². The minimum absolute atomic E-state index is 0.00877. The molecule has 1 amide bonds. The first-order chi connectivity index (χ1) is 19.1. The standard InChI is InChI=1S/C31H41FN4O5/c1-10-12-20(5)40-25-17-24(36-30(39)35(9)26(11-2)34-36)23(32)16-22(25)29(38)33-28-18(3)13-21(14-19(28)4)15-27(37)41-31(6,7)8/h13-14,16-17,20H,10-12,15H2,1-9H3,(H,33,38)/t20-/m0/s1. The lowest BCUT2D eigenvalue weighted by atomic mass is 10.0. The Labute approximate surface area is 240 Å². The SMILES string of the molecule is CCC[C@H](C)Oc1cc(-n2nc(CC)n(C)c2=O)c(F)cc1C(=O)Nc1c(C)cc(CC(=O)OC(C)(C)C)cc1C. The van der Waals surface area contributed by atoms with Gasteiger partial charge in [0.05, 0.1) is 18.1 Å². The second-order valence-corrected chi connectivity index (χ2v) is 11.4. The first-order valence-corrected chi connectivity index (χ1v) is 13.9. The molecule has 10 heteroatoms. The van der Waals surface area contributed by atoms with Crippen LogP contribution in [-0.4, -0.2) is 37.9 Å². The quantitative estimate of drug-likeness (QED) is 0.320. The highest BCUT2D eigenvalue weighted by Crippen LogP contribution is 2.30. The van der Waals surface area contributed by atoms with E-state index in [-0.39, 0.29) is 35.5 Å². The highest BCUT2D eigenvalue weighted by molar-refractivity contribution is 6.07. The van der Waals surface area contributed by atoms with Gasteiger partial charge in [-0.15, -0.1) is 5.10 Å². The summed E-state index contributed by atoms with van der Waals surface area (Å²) in [5, 5.41) is 7.16. The van der Waals surface area contributed by atoms with Gasteiger partial charge in [0.1, 0.15) is 28.7 Å². The van der Waals surface area contributed by atoms with Crippen LogP contribution in [0.25, 0.3) is 5.69 Å². The molecular weight excluding hydrogens is 527 g/mol. The summed E-state index contributed by atoms with van der Waals surface area (Å²) in [5.41, 5.74) is 1.59. The number of anilines is 1. The second-order valence-electron chi connectivity index (χ2n) is 11.4. The van der Waals surface area contributed by atoms with E-state index in [0.717, 1.165) is 33.9 Å². The lowest BCUT2D eigenvalue weighted by Crippen LogP contribution is -2.25. The van der Waals surface area contributed by atoms with Crippen molar-refractivity contribution in [3.05, 3.63) is 68.6 Å². The number of aromatic nitrogens is 3. The molecule has 0 aliphatic heterocycles. The number of rotatable bonds is 10. The number of halogens is 1. The molecule has 0 saturated heterocycles. The number of carbonyl (C=O) groups is 2. The Morgan fingerprint density at radius 3 is 2.27 bits per heavy atom. The van der Waals surface area contributed by atoms with Crippen molar-refractivity contribution in [2.75, 3.05) is 5.32 Å². The summed E-state index contributed by atoms with van der Waals surface area (Å²) in [6.07, 6.45) is 1.90. The van der Waals surface area contributed by atoms with Gasteiger partial charge < -0.3 is 14.8 Å². The van der Waals surface area contributed by atoms with Crippen molar-refractivity contribution < 1.29 is 23.5 Å². The zero-order valence-corrected chi connectivity index (χ0v) is 25.5. The molecule has 1 heterocycles. The van der Waals surface area contributed by atoms with Crippen LogP contribution in [0, 0.1) is 19.7 Å². The van der Waals surface area contributed by atoms with Crippen LogP contribution in [0.5, 0.6) is 5.75 Å². The van der Waals surface area contributed by atoms with Crippen molar-refractivity contribution in [1.29, 1.82) is 0 Å². The molecule has 2 aromatic carbocycles. The van der Waals surface area contributed by atoms with Gasteiger partial charge in [-0.25, -0.2) is 9.18 Å². The average molecular weight is 569 g/mol. The van der Waals surface area contributed by atoms with Crippen LogP contribution >= 0.6 is 0 Å². The Morgan fingerprint density at radius 1 is 1.10 bits per heavy atom. The van der Waals surface area contributed by atoms with E-state index >= 15 is 4.39 Å².